The molecule has 1 saturated heterocycles. The maximum Gasteiger partial charge on any atom is 0.416 e. The van der Waals surface area contributed by atoms with Gasteiger partial charge in [-0.3, -0.25) is 20.3 Å². The third-order valence-electron chi connectivity index (χ3n) is 4.93. The van der Waals surface area contributed by atoms with Gasteiger partial charge in [0.05, 0.1) is 5.56 Å². The summed E-state index contributed by atoms with van der Waals surface area (Å²) in [6.07, 6.45) is -3.39. The first-order chi connectivity index (χ1) is 13.5. The van der Waals surface area contributed by atoms with Crippen molar-refractivity contribution < 1.29 is 22.8 Å². The average molecular weight is 413 g/mol. The van der Waals surface area contributed by atoms with Crippen LogP contribution >= 0.6 is 0 Å². The number of alkyl halides is 3. The number of hydrogen-bond acceptors (Lipinski definition) is 4. The van der Waals surface area contributed by atoms with E-state index >= 15 is 0 Å². The quantitative estimate of drug-likeness (QED) is 0.507. The van der Waals surface area contributed by atoms with E-state index in [0.717, 1.165) is 6.07 Å². The Morgan fingerprint density at radius 2 is 1.90 bits per heavy atom. The monoisotopic (exact) mass is 413 g/mol. The number of guanidine groups is 1. The van der Waals surface area contributed by atoms with Gasteiger partial charge in [0, 0.05) is 31.6 Å². The molecule has 1 aromatic carbocycles. The van der Waals surface area contributed by atoms with Gasteiger partial charge in [0.1, 0.15) is 0 Å². The van der Waals surface area contributed by atoms with Crippen molar-refractivity contribution >= 4 is 17.8 Å². The zero-order valence-corrected chi connectivity index (χ0v) is 16.5. The van der Waals surface area contributed by atoms with Crippen LogP contribution in [-0.2, 0) is 11.0 Å². The molecule has 1 aliphatic heterocycles. The van der Waals surface area contributed by atoms with Crippen molar-refractivity contribution in [3.05, 3.63) is 34.9 Å². The van der Waals surface area contributed by atoms with Crippen molar-refractivity contribution in [3.8, 4) is 0 Å². The lowest BCUT2D eigenvalue weighted by Gasteiger charge is -2.33. The summed E-state index contributed by atoms with van der Waals surface area (Å²) in [4.78, 5) is 27.7. The lowest BCUT2D eigenvalue weighted by Crippen LogP contribution is -2.39. The Balaban J connectivity index is 2.15. The number of likely N-dealkylation sites (tertiary alicyclic amines) is 1. The Kier molecular flexibility index (Phi) is 7.23. The molecule has 2 rings (SSSR count). The lowest BCUT2D eigenvalue weighted by atomic mass is 9.85. The number of carbonyl (C=O) groups is 2. The van der Waals surface area contributed by atoms with Gasteiger partial charge in [0.15, 0.2) is 5.96 Å². The van der Waals surface area contributed by atoms with Crippen LogP contribution in [0.1, 0.15) is 46.7 Å². The van der Waals surface area contributed by atoms with Crippen molar-refractivity contribution in [1.29, 1.82) is 5.41 Å². The third kappa shape index (κ3) is 6.18. The number of carbonyl (C=O) groups excluding carboxylic acids is 2. The summed E-state index contributed by atoms with van der Waals surface area (Å²) in [5.41, 5.74) is 4.11. The molecule has 10 heteroatoms. The second-order valence-corrected chi connectivity index (χ2v) is 7.38. The van der Waals surface area contributed by atoms with Crippen LogP contribution in [-0.4, -0.2) is 61.3 Å². The standard InChI is InChI=1S/C19H26F3N5O2/c1-26(2)8-7-16(28)27-9-5-12(6-10-27)14-4-3-13(17(29)25-18(23)24)11-15(14)19(20,21)22/h3-4,11-12H,5-10H2,1-2H3,(H4,23,24,25,29). The second kappa shape index (κ2) is 9.25. The van der Waals surface area contributed by atoms with Crippen LogP contribution in [0.3, 0.4) is 0 Å². The molecule has 1 aromatic rings. The van der Waals surface area contributed by atoms with E-state index in [2.05, 4.69) is 0 Å². The molecule has 0 radical (unpaired) electrons. The molecule has 0 aromatic heterocycles. The summed E-state index contributed by atoms with van der Waals surface area (Å²) in [6, 6.07) is 3.41. The summed E-state index contributed by atoms with van der Waals surface area (Å²) in [5, 5.41) is 9.03. The van der Waals surface area contributed by atoms with Crippen LogP contribution in [0.5, 0.6) is 0 Å². The van der Waals surface area contributed by atoms with Crippen LogP contribution in [0.2, 0.25) is 0 Å². The molecule has 0 spiro atoms. The lowest BCUT2D eigenvalue weighted by molar-refractivity contribution is -0.139. The van der Waals surface area contributed by atoms with E-state index in [-0.39, 0.29) is 23.0 Å². The van der Waals surface area contributed by atoms with Crippen LogP contribution in [0.15, 0.2) is 18.2 Å². The van der Waals surface area contributed by atoms with E-state index in [4.69, 9.17) is 11.1 Å². The Hall–Kier alpha value is -2.62. The van der Waals surface area contributed by atoms with E-state index in [1.807, 2.05) is 24.3 Å². The van der Waals surface area contributed by atoms with Crippen molar-refractivity contribution in [3.63, 3.8) is 0 Å². The molecular weight excluding hydrogens is 387 g/mol. The molecule has 160 valence electrons. The summed E-state index contributed by atoms with van der Waals surface area (Å²) < 4.78 is 40.9. The molecule has 2 amide bonds. The van der Waals surface area contributed by atoms with Gasteiger partial charge in [-0.2, -0.15) is 13.2 Å². The number of halogens is 3. The molecule has 1 fully saturated rings. The smallest absolute Gasteiger partial charge is 0.370 e. The van der Waals surface area contributed by atoms with Gasteiger partial charge in [-0.1, -0.05) is 6.07 Å². The van der Waals surface area contributed by atoms with Crippen LogP contribution in [0, 0.1) is 5.41 Å². The van der Waals surface area contributed by atoms with Gasteiger partial charge in [-0.15, -0.1) is 0 Å². The number of piperidine rings is 1. The van der Waals surface area contributed by atoms with Crippen molar-refractivity contribution in [2.75, 3.05) is 33.7 Å². The Labute approximate surface area is 167 Å². The van der Waals surface area contributed by atoms with Gasteiger partial charge < -0.3 is 15.5 Å². The van der Waals surface area contributed by atoms with E-state index in [0.29, 0.717) is 38.9 Å². The molecule has 0 atom stereocenters. The predicted molar refractivity (Wildman–Crippen MR) is 103 cm³/mol. The SMILES string of the molecule is CN(C)CCC(=O)N1CCC(c2ccc(C(=O)NC(=N)N)cc2C(F)(F)F)CC1. The molecule has 0 saturated carbocycles. The zero-order valence-electron chi connectivity index (χ0n) is 16.5. The molecule has 4 N–H and O–H groups in total. The number of nitrogens with two attached hydrogens (primary N) is 1. The Morgan fingerprint density at radius 3 is 2.41 bits per heavy atom. The number of nitrogens with zero attached hydrogens (tertiary/aromatic N) is 2. The summed E-state index contributed by atoms with van der Waals surface area (Å²) >= 11 is 0. The fourth-order valence-corrected chi connectivity index (χ4v) is 3.41. The van der Waals surface area contributed by atoms with Crippen molar-refractivity contribution in [1.82, 2.24) is 15.1 Å². The fourth-order valence-electron chi connectivity index (χ4n) is 3.41. The molecular formula is C19H26F3N5O2. The van der Waals surface area contributed by atoms with Gasteiger partial charge in [-0.05, 0) is 50.6 Å². The highest BCUT2D eigenvalue weighted by Gasteiger charge is 2.37. The first-order valence-corrected chi connectivity index (χ1v) is 9.28. The Bertz CT molecular complexity index is 772. The average Bonchev–Trinajstić information content (AvgIpc) is 2.64. The highest BCUT2D eigenvalue weighted by Crippen LogP contribution is 2.39. The second-order valence-electron chi connectivity index (χ2n) is 7.38. The van der Waals surface area contributed by atoms with E-state index < -0.39 is 23.6 Å². The number of amides is 2. The van der Waals surface area contributed by atoms with Crippen LogP contribution in [0.25, 0.3) is 0 Å². The van der Waals surface area contributed by atoms with E-state index in [9.17, 15) is 22.8 Å². The van der Waals surface area contributed by atoms with Gasteiger partial charge in [0.2, 0.25) is 5.91 Å². The number of nitrogens with one attached hydrogen (secondary N) is 2. The molecule has 0 aliphatic carbocycles. The molecule has 0 bridgehead atoms. The first-order valence-electron chi connectivity index (χ1n) is 9.28. The predicted octanol–water partition coefficient (Wildman–Crippen LogP) is 1.99. The number of rotatable bonds is 5. The van der Waals surface area contributed by atoms with Crippen molar-refractivity contribution in [2.24, 2.45) is 5.73 Å². The number of benzene rings is 1. The molecule has 29 heavy (non-hydrogen) atoms. The maximum atomic E-state index is 13.6. The van der Waals surface area contributed by atoms with Gasteiger partial charge in [-0.25, -0.2) is 0 Å². The minimum Gasteiger partial charge on any atom is -0.370 e. The molecule has 7 nitrogen and oxygen atoms in total. The third-order valence-corrected chi connectivity index (χ3v) is 4.93. The number of hydrogen-bond donors (Lipinski definition) is 3. The van der Waals surface area contributed by atoms with E-state index in [1.54, 1.807) is 4.90 Å². The fraction of sp³-hybridized carbons (Fsp3) is 0.526. The first kappa shape index (κ1) is 22.7. The highest BCUT2D eigenvalue weighted by molar-refractivity contribution is 6.04. The molecule has 1 aliphatic rings. The largest absolute Gasteiger partial charge is 0.416 e. The minimum atomic E-state index is -4.62. The molecule has 1 heterocycles. The van der Waals surface area contributed by atoms with Crippen LogP contribution < -0.4 is 11.1 Å². The van der Waals surface area contributed by atoms with Gasteiger partial charge >= 0.3 is 6.18 Å². The van der Waals surface area contributed by atoms with Crippen LogP contribution in [0.4, 0.5) is 13.2 Å². The van der Waals surface area contributed by atoms with Gasteiger partial charge in [0.25, 0.3) is 5.91 Å². The zero-order chi connectivity index (χ0) is 21.8. The van der Waals surface area contributed by atoms with Crippen molar-refractivity contribution in [2.45, 2.75) is 31.4 Å². The Morgan fingerprint density at radius 1 is 1.28 bits per heavy atom. The summed E-state index contributed by atoms with van der Waals surface area (Å²) in [5.74, 6) is -1.85. The maximum absolute atomic E-state index is 13.6. The minimum absolute atomic E-state index is 0.00412. The summed E-state index contributed by atoms with van der Waals surface area (Å²) in [6.45, 7) is 1.43. The highest BCUT2D eigenvalue weighted by atomic mass is 19.4. The topological polar surface area (TPSA) is 103 Å². The normalized spacial score (nSPS) is 15.4. The van der Waals surface area contributed by atoms with E-state index in [1.165, 1.54) is 12.1 Å². The summed E-state index contributed by atoms with van der Waals surface area (Å²) in [7, 11) is 3.75. The molecule has 0 unspecified atom stereocenters.